The monoisotopic (exact) mass is 313 g/mol. The van der Waals surface area contributed by atoms with E-state index >= 15 is 0 Å². The molecular weight excluding hydrogens is 290 g/mol. The maximum absolute atomic E-state index is 12.8. The van der Waals surface area contributed by atoms with Crippen molar-refractivity contribution in [1.29, 1.82) is 0 Å². The lowest BCUT2D eigenvalue weighted by Gasteiger charge is -2.54. The summed E-state index contributed by atoms with van der Waals surface area (Å²) in [5, 5.41) is 0. The van der Waals surface area contributed by atoms with Crippen molar-refractivity contribution in [1.82, 2.24) is 14.9 Å². The summed E-state index contributed by atoms with van der Waals surface area (Å²) < 4.78 is 5.75. The fourth-order valence-electron chi connectivity index (χ4n) is 3.39. The molecule has 1 aliphatic carbocycles. The van der Waals surface area contributed by atoms with Crippen LogP contribution in [0.2, 0.25) is 0 Å². The molecule has 1 aromatic heterocycles. The van der Waals surface area contributed by atoms with E-state index in [4.69, 9.17) is 4.74 Å². The Balaban J connectivity index is 1.79. The number of rotatable bonds is 4. The molecule has 1 fully saturated rings. The van der Waals surface area contributed by atoms with E-state index in [0.717, 1.165) is 17.5 Å². The van der Waals surface area contributed by atoms with Gasteiger partial charge in [0, 0.05) is 25.1 Å². The van der Waals surface area contributed by atoms with Crippen molar-refractivity contribution in [2.45, 2.75) is 39.3 Å². The van der Waals surface area contributed by atoms with Gasteiger partial charge in [-0.15, -0.1) is 0 Å². The number of carbonyl (C=O) groups excluding carboxylic acids is 1. The van der Waals surface area contributed by atoms with E-state index in [-0.39, 0.29) is 23.5 Å². The Bertz CT molecular complexity index is 729. The fourth-order valence-corrected chi connectivity index (χ4v) is 3.39. The minimum absolute atomic E-state index is 0.0509. The molecule has 1 heterocycles. The maximum Gasteiger partial charge on any atom is 0.274 e. The molecule has 3 rings (SSSR count). The van der Waals surface area contributed by atoms with Crippen LogP contribution in [0.15, 0.2) is 30.5 Å². The van der Waals surface area contributed by atoms with E-state index in [1.54, 1.807) is 11.1 Å². The standard InChI is InChI=1S/C18H23N3O2/c1-5-23-16-10-15(18(16,2)3)21(4)17(22)14-11-19-12-8-6-7-9-13(12)20-14/h6-9,11,15-16H,5,10H2,1-4H3/t15-,16-/m1/s1. The number of para-hydroxylation sites is 2. The molecule has 1 aliphatic rings. The van der Waals surface area contributed by atoms with Gasteiger partial charge in [-0.3, -0.25) is 9.78 Å². The summed E-state index contributed by atoms with van der Waals surface area (Å²) in [4.78, 5) is 23.3. The summed E-state index contributed by atoms with van der Waals surface area (Å²) in [7, 11) is 1.84. The zero-order chi connectivity index (χ0) is 16.6. The maximum atomic E-state index is 12.8. The largest absolute Gasteiger partial charge is 0.378 e. The van der Waals surface area contributed by atoms with Crippen LogP contribution in [0.3, 0.4) is 0 Å². The smallest absolute Gasteiger partial charge is 0.274 e. The highest BCUT2D eigenvalue weighted by atomic mass is 16.5. The number of ether oxygens (including phenoxy) is 1. The second-order valence-corrected chi connectivity index (χ2v) is 6.68. The minimum atomic E-state index is -0.0868. The van der Waals surface area contributed by atoms with Crippen molar-refractivity contribution in [3.05, 3.63) is 36.2 Å². The number of carbonyl (C=O) groups is 1. The zero-order valence-electron chi connectivity index (χ0n) is 14.1. The average molecular weight is 313 g/mol. The first kappa shape index (κ1) is 15.9. The fraction of sp³-hybridized carbons (Fsp3) is 0.500. The number of hydrogen-bond acceptors (Lipinski definition) is 4. The third-order valence-electron chi connectivity index (χ3n) is 4.95. The molecule has 0 radical (unpaired) electrons. The van der Waals surface area contributed by atoms with E-state index < -0.39 is 0 Å². The van der Waals surface area contributed by atoms with Gasteiger partial charge in [-0.2, -0.15) is 0 Å². The lowest BCUT2D eigenvalue weighted by atomic mass is 9.63. The minimum Gasteiger partial charge on any atom is -0.378 e. The van der Waals surface area contributed by atoms with Gasteiger partial charge in [0.2, 0.25) is 0 Å². The van der Waals surface area contributed by atoms with Gasteiger partial charge in [-0.05, 0) is 25.5 Å². The summed E-state index contributed by atoms with van der Waals surface area (Å²) in [6, 6.07) is 7.73. The number of nitrogens with zero attached hydrogens (tertiary/aromatic N) is 3. The molecule has 2 aromatic rings. The molecule has 2 atom stereocenters. The Hall–Kier alpha value is -2.01. The molecule has 0 bridgehead atoms. The van der Waals surface area contributed by atoms with E-state index in [2.05, 4.69) is 23.8 Å². The van der Waals surface area contributed by atoms with E-state index in [1.807, 2.05) is 38.2 Å². The molecule has 0 saturated heterocycles. The van der Waals surface area contributed by atoms with Crippen LogP contribution in [-0.4, -0.2) is 46.6 Å². The Morgan fingerprint density at radius 2 is 2.04 bits per heavy atom. The van der Waals surface area contributed by atoms with Crippen LogP contribution in [0.4, 0.5) is 0 Å². The van der Waals surface area contributed by atoms with Gasteiger partial charge in [0.1, 0.15) is 5.69 Å². The predicted molar refractivity (Wildman–Crippen MR) is 89.2 cm³/mol. The number of hydrogen-bond donors (Lipinski definition) is 0. The summed E-state index contributed by atoms with van der Waals surface area (Å²) in [5.74, 6) is -0.0868. The van der Waals surface area contributed by atoms with Crippen molar-refractivity contribution in [3.63, 3.8) is 0 Å². The van der Waals surface area contributed by atoms with Crippen LogP contribution in [0.5, 0.6) is 0 Å². The second kappa shape index (κ2) is 5.89. The van der Waals surface area contributed by atoms with Gasteiger partial charge in [-0.1, -0.05) is 26.0 Å². The highest BCUT2D eigenvalue weighted by Crippen LogP contribution is 2.45. The summed E-state index contributed by atoms with van der Waals surface area (Å²) in [5.41, 5.74) is 1.88. The Morgan fingerprint density at radius 1 is 1.35 bits per heavy atom. The van der Waals surface area contributed by atoms with Crippen molar-refractivity contribution < 1.29 is 9.53 Å². The number of fused-ring (bicyclic) bond motifs is 1. The normalized spacial score (nSPS) is 22.6. The molecule has 1 aromatic carbocycles. The van der Waals surface area contributed by atoms with Gasteiger partial charge < -0.3 is 9.64 Å². The highest BCUT2D eigenvalue weighted by Gasteiger charge is 2.51. The van der Waals surface area contributed by atoms with Crippen molar-refractivity contribution in [2.24, 2.45) is 5.41 Å². The van der Waals surface area contributed by atoms with Crippen LogP contribution in [0.25, 0.3) is 11.0 Å². The zero-order valence-corrected chi connectivity index (χ0v) is 14.1. The molecule has 0 spiro atoms. The quantitative estimate of drug-likeness (QED) is 0.871. The lowest BCUT2D eigenvalue weighted by molar-refractivity contribution is -0.136. The van der Waals surface area contributed by atoms with Crippen LogP contribution in [0.1, 0.15) is 37.7 Å². The molecule has 1 amide bonds. The van der Waals surface area contributed by atoms with Crippen LogP contribution < -0.4 is 0 Å². The topological polar surface area (TPSA) is 55.3 Å². The molecule has 1 saturated carbocycles. The molecule has 0 aliphatic heterocycles. The van der Waals surface area contributed by atoms with Crippen LogP contribution >= 0.6 is 0 Å². The molecule has 0 N–H and O–H groups in total. The molecular formula is C18H23N3O2. The number of benzene rings is 1. The van der Waals surface area contributed by atoms with Crippen LogP contribution in [-0.2, 0) is 4.74 Å². The van der Waals surface area contributed by atoms with Gasteiger partial charge in [-0.25, -0.2) is 4.98 Å². The predicted octanol–water partition coefficient (Wildman–Crippen LogP) is 2.91. The molecule has 0 unspecified atom stereocenters. The first-order valence-electron chi connectivity index (χ1n) is 8.05. The van der Waals surface area contributed by atoms with Crippen molar-refractivity contribution in [3.8, 4) is 0 Å². The van der Waals surface area contributed by atoms with Gasteiger partial charge in [0.15, 0.2) is 0 Å². The third kappa shape index (κ3) is 2.70. The van der Waals surface area contributed by atoms with E-state index in [9.17, 15) is 4.79 Å². The van der Waals surface area contributed by atoms with Crippen LogP contribution in [0, 0.1) is 5.41 Å². The average Bonchev–Trinajstić information content (AvgIpc) is 2.56. The Morgan fingerprint density at radius 3 is 2.70 bits per heavy atom. The van der Waals surface area contributed by atoms with E-state index in [0.29, 0.717) is 12.3 Å². The highest BCUT2D eigenvalue weighted by molar-refractivity contribution is 5.94. The molecule has 5 nitrogen and oxygen atoms in total. The van der Waals surface area contributed by atoms with Crippen molar-refractivity contribution in [2.75, 3.05) is 13.7 Å². The molecule has 23 heavy (non-hydrogen) atoms. The Kier molecular flexibility index (Phi) is 4.06. The number of aromatic nitrogens is 2. The molecule has 122 valence electrons. The van der Waals surface area contributed by atoms with Gasteiger partial charge in [0.25, 0.3) is 5.91 Å². The Labute approximate surface area is 136 Å². The third-order valence-corrected chi connectivity index (χ3v) is 4.95. The summed E-state index contributed by atoms with van der Waals surface area (Å²) in [6.45, 7) is 7.01. The number of amides is 1. The summed E-state index contributed by atoms with van der Waals surface area (Å²) in [6.07, 6.45) is 2.63. The van der Waals surface area contributed by atoms with Gasteiger partial charge >= 0.3 is 0 Å². The lowest BCUT2D eigenvalue weighted by Crippen LogP contribution is -2.62. The second-order valence-electron chi connectivity index (χ2n) is 6.68. The molecule has 5 heteroatoms. The summed E-state index contributed by atoms with van der Waals surface area (Å²) >= 11 is 0. The van der Waals surface area contributed by atoms with Gasteiger partial charge in [0.05, 0.1) is 23.3 Å². The first-order chi connectivity index (χ1) is 10.9. The SMILES string of the molecule is CCO[C@@H]1C[C@@H](N(C)C(=O)c2cnc3ccccc3n2)C1(C)C. The first-order valence-corrected chi connectivity index (χ1v) is 8.05. The van der Waals surface area contributed by atoms with Crippen molar-refractivity contribution >= 4 is 16.9 Å². The van der Waals surface area contributed by atoms with E-state index in [1.165, 1.54) is 0 Å².